The van der Waals surface area contributed by atoms with Crippen LogP contribution in [0.15, 0.2) is 48.0 Å². The number of hydrogen-bond donors (Lipinski definition) is 1. The van der Waals surface area contributed by atoms with Crippen molar-refractivity contribution >= 4 is 17.4 Å². The van der Waals surface area contributed by atoms with Crippen molar-refractivity contribution in [1.29, 1.82) is 0 Å². The Kier molecular flexibility index (Phi) is 11.2. The lowest BCUT2D eigenvalue weighted by Crippen LogP contribution is -2.33. The van der Waals surface area contributed by atoms with E-state index in [0.29, 0.717) is 54.6 Å². The van der Waals surface area contributed by atoms with Crippen LogP contribution in [0.25, 0.3) is 5.76 Å². The largest absolute Gasteiger partial charge is 0.507 e. The van der Waals surface area contributed by atoms with Gasteiger partial charge >= 0.3 is 0 Å². The van der Waals surface area contributed by atoms with Crippen LogP contribution in [-0.2, 0) is 9.59 Å². The highest BCUT2D eigenvalue weighted by Gasteiger charge is 2.46. The summed E-state index contributed by atoms with van der Waals surface area (Å²) in [5.74, 6) is 0.240. The number of carbonyl (C=O) groups excluding carboxylic acids is 2. The summed E-state index contributed by atoms with van der Waals surface area (Å²) in [6.45, 7) is 12.3. The van der Waals surface area contributed by atoms with E-state index >= 15 is 0 Å². The number of Topliss-reactive ketones (excluding diaryl/α,β-unsaturated/α-hetero) is 1. The van der Waals surface area contributed by atoms with Crippen molar-refractivity contribution in [2.75, 3.05) is 46.5 Å². The number of benzene rings is 2. The zero-order valence-corrected chi connectivity index (χ0v) is 23.9. The normalized spacial score (nSPS) is 16.7. The fourth-order valence-corrected chi connectivity index (χ4v) is 4.79. The molecule has 1 atom stereocenters. The van der Waals surface area contributed by atoms with Gasteiger partial charge in [0.15, 0.2) is 11.5 Å². The van der Waals surface area contributed by atoms with Gasteiger partial charge in [0.1, 0.15) is 11.5 Å². The number of amides is 1. The SMILES string of the molecule is CCCCOc1ccc(C2/C(=C(/O)c3ccc(OCC)cc3)C(=O)C(=O)N2CCCN(CC)CC)cc1OC. The lowest BCUT2D eigenvalue weighted by Gasteiger charge is -2.27. The van der Waals surface area contributed by atoms with E-state index in [-0.39, 0.29) is 11.3 Å². The summed E-state index contributed by atoms with van der Waals surface area (Å²) >= 11 is 0. The molecule has 2 aromatic rings. The van der Waals surface area contributed by atoms with Crippen LogP contribution in [0.2, 0.25) is 0 Å². The number of hydrogen-bond acceptors (Lipinski definition) is 7. The molecule has 1 aliphatic heterocycles. The van der Waals surface area contributed by atoms with Gasteiger partial charge in [0, 0.05) is 12.1 Å². The number of carbonyl (C=O) groups is 2. The third-order valence-corrected chi connectivity index (χ3v) is 7.01. The molecular formula is C31H42N2O6. The fourth-order valence-electron chi connectivity index (χ4n) is 4.79. The Bertz CT molecular complexity index is 1140. The van der Waals surface area contributed by atoms with E-state index in [1.807, 2.05) is 13.0 Å². The van der Waals surface area contributed by atoms with E-state index in [2.05, 4.69) is 25.7 Å². The lowest BCUT2D eigenvalue weighted by atomic mass is 9.95. The van der Waals surface area contributed by atoms with Crippen LogP contribution in [0, 0.1) is 0 Å². The summed E-state index contributed by atoms with van der Waals surface area (Å²) in [6.07, 6.45) is 2.62. The molecule has 39 heavy (non-hydrogen) atoms. The highest BCUT2D eigenvalue weighted by Crippen LogP contribution is 2.42. The second-order valence-corrected chi connectivity index (χ2v) is 9.44. The molecule has 3 rings (SSSR count). The van der Waals surface area contributed by atoms with E-state index in [4.69, 9.17) is 14.2 Å². The number of unbranched alkanes of at least 4 members (excludes halogenated alkanes) is 1. The molecule has 0 saturated carbocycles. The number of aliphatic hydroxyl groups excluding tert-OH is 1. The Morgan fingerprint density at radius 1 is 0.949 bits per heavy atom. The van der Waals surface area contributed by atoms with Crippen LogP contribution in [0.3, 0.4) is 0 Å². The van der Waals surface area contributed by atoms with Gasteiger partial charge in [0.05, 0.1) is 31.9 Å². The van der Waals surface area contributed by atoms with Crippen molar-refractivity contribution < 1.29 is 28.9 Å². The predicted octanol–water partition coefficient (Wildman–Crippen LogP) is 5.43. The molecule has 1 unspecified atom stereocenters. The van der Waals surface area contributed by atoms with Crippen molar-refractivity contribution in [1.82, 2.24) is 9.80 Å². The van der Waals surface area contributed by atoms with Crippen LogP contribution < -0.4 is 14.2 Å². The van der Waals surface area contributed by atoms with Crippen LogP contribution in [-0.4, -0.2) is 73.1 Å². The summed E-state index contributed by atoms with van der Waals surface area (Å²) in [7, 11) is 1.56. The monoisotopic (exact) mass is 538 g/mol. The number of ketones is 1. The van der Waals surface area contributed by atoms with Gasteiger partial charge in [-0.3, -0.25) is 9.59 Å². The minimum absolute atomic E-state index is 0.0636. The van der Waals surface area contributed by atoms with Crippen LogP contribution in [0.1, 0.15) is 64.1 Å². The second-order valence-electron chi connectivity index (χ2n) is 9.44. The van der Waals surface area contributed by atoms with Crippen molar-refractivity contribution in [2.24, 2.45) is 0 Å². The standard InChI is InChI=1S/C31H42N2O6/c1-6-10-20-39-25-17-14-23(21-26(25)37-5)28-27(29(34)22-12-15-24(16-13-22)38-9-4)30(35)31(36)33(28)19-11-18-32(7-2)8-3/h12-17,21,28,34H,6-11,18-20H2,1-5H3/b29-27-. The summed E-state index contributed by atoms with van der Waals surface area (Å²) in [4.78, 5) is 30.6. The van der Waals surface area contributed by atoms with Crippen LogP contribution in [0.5, 0.6) is 17.2 Å². The van der Waals surface area contributed by atoms with E-state index < -0.39 is 17.7 Å². The van der Waals surface area contributed by atoms with Gasteiger partial charge in [-0.2, -0.15) is 0 Å². The minimum atomic E-state index is -0.758. The lowest BCUT2D eigenvalue weighted by molar-refractivity contribution is -0.140. The van der Waals surface area contributed by atoms with E-state index in [1.54, 1.807) is 48.4 Å². The first-order valence-electron chi connectivity index (χ1n) is 13.9. The van der Waals surface area contributed by atoms with Gasteiger partial charge in [0.25, 0.3) is 11.7 Å². The third kappa shape index (κ3) is 7.12. The molecule has 0 aliphatic carbocycles. The molecule has 0 spiro atoms. The first-order valence-corrected chi connectivity index (χ1v) is 13.9. The zero-order valence-electron chi connectivity index (χ0n) is 23.9. The molecule has 1 heterocycles. The minimum Gasteiger partial charge on any atom is -0.507 e. The predicted molar refractivity (Wildman–Crippen MR) is 152 cm³/mol. The van der Waals surface area contributed by atoms with E-state index in [0.717, 1.165) is 32.5 Å². The Hall–Kier alpha value is -3.52. The Labute approximate surface area is 232 Å². The van der Waals surface area contributed by atoms with Gasteiger partial charge in [-0.05, 0) is 81.4 Å². The second kappa shape index (κ2) is 14.6. The van der Waals surface area contributed by atoms with Gasteiger partial charge in [-0.25, -0.2) is 0 Å². The maximum atomic E-state index is 13.4. The molecule has 8 nitrogen and oxygen atoms in total. The van der Waals surface area contributed by atoms with Gasteiger partial charge < -0.3 is 29.1 Å². The number of likely N-dealkylation sites (tertiary alicyclic amines) is 1. The van der Waals surface area contributed by atoms with Crippen LogP contribution in [0.4, 0.5) is 0 Å². The van der Waals surface area contributed by atoms with Crippen molar-refractivity contribution in [2.45, 2.75) is 53.0 Å². The van der Waals surface area contributed by atoms with Gasteiger partial charge in [-0.1, -0.05) is 33.3 Å². The number of rotatable bonds is 15. The molecule has 212 valence electrons. The first kappa shape index (κ1) is 30.0. The van der Waals surface area contributed by atoms with Gasteiger partial charge in [0.2, 0.25) is 0 Å². The Morgan fingerprint density at radius 2 is 1.67 bits per heavy atom. The van der Waals surface area contributed by atoms with Crippen molar-refractivity contribution in [3.8, 4) is 17.2 Å². The maximum absolute atomic E-state index is 13.4. The molecule has 0 aromatic heterocycles. The maximum Gasteiger partial charge on any atom is 0.295 e. The third-order valence-electron chi connectivity index (χ3n) is 7.01. The highest BCUT2D eigenvalue weighted by atomic mass is 16.5. The number of methoxy groups -OCH3 is 1. The molecule has 1 aliphatic rings. The molecule has 1 N–H and O–H groups in total. The number of nitrogens with zero attached hydrogens (tertiary/aromatic N) is 2. The summed E-state index contributed by atoms with van der Waals surface area (Å²) < 4.78 is 17.0. The molecule has 1 saturated heterocycles. The summed E-state index contributed by atoms with van der Waals surface area (Å²) in [5, 5.41) is 11.4. The number of aliphatic hydroxyl groups is 1. The molecule has 2 aromatic carbocycles. The molecule has 1 amide bonds. The molecule has 1 fully saturated rings. The average Bonchev–Trinajstić information content (AvgIpc) is 3.20. The average molecular weight is 539 g/mol. The topological polar surface area (TPSA) is 88.5 Å². The first-order chi connectivity index (χ1) is 18.9. The summed E-state index contributed by atoms with van der Waals surface area (Å²) in [6, 6.07) is 11.5. The van der Waals surface area contributed by atoms with Crippen LogP contribution >= 0.6 is 0 Å². The Morgan fingerprint density at radius 3 is 2.28 bits per heavy atom. The quantitative estimate of drug-likeness (QED) is 0.140. The van der Waals surface area contributed by atoms with E-state index in [1.165, 1.54) is 0 Å². The fraction of sp³-hybridized carbons (Fsp3) is 0.484. The molecule has 8 heteroatoms. The zero-order chi connectivity index (χ0) is 28.4. The van der Waals surface area contributed by atoms with Crippen molar-refractivity contribution in [3.63, 3.8) is 0 Å². The smallest absolute Gasteiger partial charge is 0.295 e. The van der Waals surface area contributed by atoms with Crippen molar-refractivity contribution in [3.05, 3.63) is 59.2 Å². The molecule has 0 bridgehead atoms. The van der Waals surface area contributed by atoms with E-state index in [9.17, 15) is 14.7 Å². The highest BCUT2D eigenvalue weighted by molar-refractivity contribution is 6.46. The summed E-state index contributed by atoms with van der Waals surface area (Å²) in [5.41, 5.74) is 1.17. The molecular weight excluding hydrogens is 496 g/mol. The molecule has 0 radical (unpaired) electrons. The Balaban J connectivity index is 2.04. The van der Waals surface area contributed by atoms with Gasteiger partial charge in [-0.15, -0.1) is 0 Å². The number of ether oxygens (including phenoxy) is 3.